The highest BCUT2D eigenvalue weighted by molar-refractivity contribution is 6.37. The first-order chi connectivity index (χ1) is 11.0. The average molecular weight is 374 g/mol. The molecule has 5 nitrogen and oxygen atoms in total. The molecule has 2 aromatic carbocycles. The fraction of sp³-hybridized carbons (Fsp3) is 0.0714. The summed E-state index contributed by atoms with van der Waals surface area (Å²) >= 11 is 18.3. The van der Waals surface area contributed by atoms with E-state index in [2.05, 4.69) is 20.6 Å². The molecule has 0 radical (unpaired) electrons. The number of tetrazole rings is 1. The molecular formula is C14H8Cl3FN4O. The summed E-state index contributed by atoms with van der Waals surface area (Å²) < 4.78 is 18.6. The molecule has 0 spiro atoms. The van der Waals surface area contributed by atoms with Gasteiger partial charge in [-0.25, -0.2) is 4.39 Å². The standard InChI is InChI=1S/C14H8Cl3FN4O/c15-10-5-9(18)2-1-7(10)6-23-13-11(16)3-8(4-12(13)17)14-19-21-22-20-14/h1-5H,6H2,(H,19,20,21,22). The van der Waals surface area contributed by atoms with Gasteiger partial charge >= 0.3 is 0 Å². The summed E-state index contributed by atoms with van der Waals surface area (Å²) in [5.74, 6) is 0.238. The van der Waals surface area contributed by atoms with Gasteiger partial charge in [-0.2, -0.15) is 5.21 Å². The number of benzene rings is 2. The SMILES string of the molecule is Fc1ccc(COc2c(Cl)cc(-c3nn[nH]n3)cc2Cl)c(Cl)c1. The van der Waals surface area contributed by atoms with E-state index in [0.717, 1.165) is 0 Å². The number of nitrogens with one attached hydrogen (secondary N) is 1. The van der Waals surface area contributed by atoms with Crippen LogP contribution in [0.5, 0.6) is 5.75 Å². The predicted molar refractivity (Wildman–Crippen MR) is 85.4 cm³/mol. The van der Waals surface area contributed by atoms with Gasteiger partial charge < -0.3 is 4.74 Å². The highest BCUT2D eigenvalue weighted by atomic mass is 35.5. The Morgan fingerprint density at radius 2 is 1.78 bits per heavy atom. The number of nitrogens with zero attached hydrogens (tertiary/aromatic N) is 3. The summed E-state index contributed by atoms with van der Waals surface area (Å²) in [4.78, 5) is 0. The van der Waals surface area contributed by atoms with Crippen molar-refractivity contribution < 1.29 is 9.13 Å². The number of aromatic nitrogens is 4. The van der Waals surface area contributed by atoms with Crippen LogP contribution >= 0.6 is 34.8 Å². The Morgan fingerprint density at radius 1 is 1.04 bits per heavy atom. The first-order valence-corrected chi connectivity index (χ1v) is 7.47. The molecular weight excluding hydrogens is 366 g/mol. The molecule has 1 aromatic heterocycles. The number of aromatic amines is 1. The molecule has 1 N–H and O–H groups in total. The van der Waals surface area contributed by atoms with E-state index in [-0.39, 0.29) is 21.7 Å². The topological polar surface area (TPSA) is 63.7 Å². The first kappa shape index (κ1) is 16.0. The minimum atomic E-state index is -0.417. The van der Waals surface area contributed by atoms with Crippen LogP contribution in [0, 0.1) is 5.82 Å². The van der Waals surface area contributed by atoms with Gasteiger partial charge in [-0.15, -0.1) is 10.2 Å². The molecule has 1 heterocycles. The van der Waals surface area contributed by atoms with Crippen molar-refractivity contribution in [2.24, 2.45) is 0 Å². The van der Waals surface area contributed by atoms with Gasteiger partial charge in [-0.05, 0) is 29.5 Å². The third-order valence-corrected chi connectivity index (χ3v) is 3.90. The zero-order valence-corrected chi connectivity index (χ0v) is 13.6. The average Bonchev–Trinajstić information content (AvgIpc) is 3.02. The Kier molecular flexibility index (Phi) is 4.66. The molecule has 0 bridgehead atoms. The second-order valence-electron chi connectivity index (χ2n) is 4.53. The van der Waals surface area contributed by atoms with Gasteiger partial charge in [0.25, 0.3) is 0 Å². The largest absolute Gasteiger partial charge is 0.486 e. The molecule has 0 amide bonds. The van der Waals surface area contributed by atoms with Crippen LogP contribution in [0.25, 0.3) is 11.4 Å². The Balaban J connectivity index is 1.83. The lowest BCUT2D eigenvalue weighted by Crippen LogP contribution is -1.98. The number of ether oxygens (including phenoxy) is 1. The van der Waals surface area contributed by atoms with Crippen molar-refractivity contribution in [3.8, 4) is 17.1 Å². The van der Waals surface area contributed by atoms with Crippen molar-refractivity contribution in [1.82, 2.24) is 20.6 Å². The molecule has 0 saturated carbocycles. The van der Waals surface area contributed by atoms with E-state index in [0.29, 0.717) is 22.7 Å². The van der Waals surface area contributed by atoms with Crippen LogP contribution in [0.15, 0.2) is 30.3 Å². The maximum absolute atomic E-state index is 13.0. The minimum absolute atomic E-state index is 0.0973. The zero-order chi connectivity index (χ0) is 16.4. The van der Waals surface area contributed by atoms with E-state index in [1.54, 1.807) is 12.1 Å². The number of hydrogen-bond acceptors (Lipinski definition) is 4. The molecule has 118 valence electrons. The molecule has 3 rings (SSSR count). The van der Waals surface area contributed by atoms with Crippen LogP contribution in [-0.4, -0.2) is 20.6 Å². The first-order valence-electron chi connectivity index (χ1n) is 6.34. The molecule has 0 aliphatic heterocycles. The van der Waals surface area contributed by atoms with E-state index < -0.39 is 5.82 Å². The normalized spacial score (nSPS) is 10.8. The van der Waals surface area contributed by atoms with Gasteiger partial charge in [0.15, 0.2) is 5.75 Å². The van der Waals surface area contributed by atoms with Crippen LogP contribution in [0.1, 0.15) is 5.56 Å². The number of rotatable bonds is 4. The van der Waals surface area contributed by atoms with Gasteiger partial charge in [0.2, 0.25) is 5.82 Å². The summed E-state index contributed by atoms with van der Waals surface area (Å²) in [6.07, 6.45) is 0. The Bertz CT molecular complexity index is 819. The van der Waals surface area contributed by atoms with Gasteiger partial charge in [0, 0.05) is 11.1 Å². The van der Waals surface area contributed by atoms with Crippen LogP contribution < -0.4 is 4.74 Å². The van der Waals surface area contributed by atoms with Gasteiger partial charge in [0.05, 0.1) is 15.1 Å². The lowest BCUT2D eigenvalue weighted by atomic mass is 10.2. The second kappa shape index (κ2) is 6.70. The van der Waals surface area contributed by atoms with Gasteiger partial charge in [0.1, 0.15) is 12.4 Å². The summed E-state index contributed by atoms with van der Waals surface area (Å²) in [6.45, 7) is 0.0973. The molecule has 0 fully saturated rings. The number of hydrogen-bond donors (Lipinski definition) is 1. The Hall–Kier alpha value is -1.89. The molecule has 9 heteroatoms. The lowest BCUT2D eigenvalue weighted by Gasteiger charge is -2.12. The molecule has 0 aliphatic carbocycles. The number of halogens is 4. The Morgan fingerprint density at radius 3 is 2.39 bits per heavy atom. The van der Waals surface area contributed by atoms with Crippen molar-refractivity contribution in [2.45, 2.75) is 6.61 Å². The van der Waals surface area contributed by atoms with Crippen molar-refractivity contribution >= 4 is 34.8 Å². The zero-order valence-electron chi connectivity index (χ0n) is 11.4. The minimum Gasteiger partial charge on any atom is -0.486 e. The predicted octanol–water partition coefficient (Wildman–Crippen LogP) is 4.55. The molecule has 0 atom stereocenters. The summed E-state index contributed by atoms with van der Waals surface area (Å²) in [7, 11) is 0. The van der Waals surface area contributed by atoms with E-state index in [4.69, 9.17) is 39.5 Å². The fourth-order valence-corrected chi connectivity index (χ4v) is 2.72. The van der Waals surface area contributed by atoms with Crippen molar-refractivity contribution in [3.05, 3.63) is 56.8 Å². The van der Waals surface area contributed by atoms with Crippen LogP contribution in [0.3, 0.4) is 0 Å². The van der Waals surface area contributed by atoms with Crippen LogP contribution in [0.4, 0.5) is 4.39 Å². The summed E-state index contributed by atoms with van der Waals surface area (Å²) in [6, 6.07) is 7.27. The highest BCUT2D eigenvalue weighted by Gasteiger charge is 2.14. The number of H-pyrrole nitrogens is 1. The molecule has 0 saturated heterocycles. The van der Waals surface area contributed by atoms with Crippen molar-refractivity contribution in [2.75, 3.05) is 0 Å². The van der Waals surface area contributed by atoms with Crippen molar-refractivity contribution in [1.29, 1.82) is 0 Å². The monoisotopic (exact) mass is 372 g/mol. The van der Waals surface area contributed by atoms with Gasteiger partial charge in [-0.3, -0.25) is 0 Å². The smallest absolute Gasteiger partial charge is 0.204 e. The van der Waals surface area contributed by atoms with Crippen LogP contribution in [0.2, 0.25) is 15.1 Å². The summed E-state index contributed by atoms with van der Waals surface area (Å²) in [5, 5.41) is 14.4. The van der Waals surface area contributed by atoms with E-state index >= 15 is 0 Å². The van der Waals surface area contributed by atoms with Crippen LogP contribution in [-0.2, 0) is 6.61 Å². The maximum Gasteiger partial charge on any atom is 0.204 e. The third kappa shape index (κ3) is 3.55. The third-order valence-electron chi connectivity index (χ3n) is 2.99. The van der Waals surface area contributed by atoms with Gasteiger partial charge in [-0.1, -0.05) is 40.9 Å². The molecule has 0 aliphatic rings. The second-order valence-corrected chi connectivity index (χ2v) is 5.75. The maximum atomic E-state index is 13.0. The lowest BCUT2D eigenvalue weighted by molar-refractivity contribution is 0.306. The Labute approximate surface area is 145 Å². The van der Waals surface area contributed by atoms with E-state index in [1.807, 2.05) is 0 Å². The molecule has 23 heavy (non-hydrogen) atoms. The molecule has 3 aromatic rings. The van der Waals surface area contributed by atoms with E-state index in [9.17, 15) is 4.39 Å². The quantitative estimate of drug-likeness (QED) is 0.729. The summed E-state index contributed by atoms with van der Waals surface area (Å²) in [5.41, 5.74) is 1.21. The molecule has 0 unspecified atom stereocenters. The van der Waals surface area contributed by atoms with E-state index in [1.165, 1.54) is 18.2 Å². The highest BCUT2D eigenvalue weighted by Crippen LogP contribution is 2.37. The fourth-order valence-electron chi connectivity index (χ4n) is 1.90. The van der Waals surface area contributed by atoms with Crippen molar-refractivity contribution in [3.63, 3.8) is 0 Å².